The third kappa shape index (κ3) is 7.48. The lowest BCUT2D eigenvalue weighted by Gasteiger charge is -2.19. The van der Waals surface area contributed by atoms with Gasteiger partial charge in [0.1, 0.15) is 12.1 Å². The van der Waals surface area contributed by atoms with Crippen molar-refractivity contribution < 1.29 is 29.4 Å². The number of carboxylic acids is 1. The third-order valence-corrected chi connectivity index (χ3v) is 2.63. The molecule has 0 aromatic rings. The minimum atomic E-state index is -1.34. The molecule has 0 aliphatic rings. The zero-order valence-corrected chi connectivity index (χ0v) is 11.9. The zero-order chi connectivity index (χ0) is 16.4. The summed E-state index contributed by atoms with van der Waals surface area (Å²) in [7, 11) is 0. The van der Waals surface area contributed by atoms with E-state index in [0.717, 1.165) is 0 Å². The molecule has 0 heterocycles. The average molecular weight is 322 g/mol. The van der Waals surface area contributed by atoms with Crippen LogP contribution in [0.25, 0.3) is 0 Å². The van der Waals surface area contributed by atoms with Gasteiger partial charge in [-0.05, 0) is 0 Å². The number of aliphatic hydroxyl groups excluding tert-OH is 1. The Kier molecular flexibility index (Phi) is 9.08. The van der Waals surface area contributed by atoms with Crippen LogP contribution in [0.5, 0.6) is 0 Å². The molecule has 21 heavy (non-hydrogen) atoms. The molecule has 11 heteroatoms. The van der Waals surface area contributed by atoms with E-state index in [4.69, 9.17) is 15.9 Å². The third-order valence-electron chi connectivity index (χ3n) is 2.26. The predicted octanol–water partition coefficient (Wildman–Crippen LogP) is -3.96. The van der Waals surface area contributed by atoms with Gasteiger partial charge < -0.3 is 31.9 Å². The lowest BCUT2D eigenvalue weighted by Crippen LogP contribution is -2.55. The van der Waals surface area contributed by atoms with E-state index in [2.05, 4.69) is 28.6 Å². The number of carboxylic acid groups (broad SMARTS) is 1. The molecule has 0 saturated carbocycles. The van der Waals surface area contributed by atoms with Crippen molar-refractivity contribution >= 4 is 36.3 Å². The van der Waals surface area contributed by atoms with E-state index in [0.29, 0.717) is 0 Å². The van der Waals surface area contributed by atoms with Crippen molar-refractivity contribution in [2.24, 2.45) is 5.73 Å². The minimum absolute atomic E-state index is 0.153. The summed E-state index contributed by atoms with van der Waals surface area (Å²) in [5.41, 5.74) is 5.02. The quantitative estimate of drug-likeness (QED) is 0.212. The highest BCUT2D eigenvalue weighted by Gasteiger charge is 2.25. The SMILES string of the molecule is NCC(=O)NCC(=O)N[C@@H](CO)C(=O)N[C@@H](CS)C(=O)O. The van der Waals surface area contributed by atoms with Crippen LogP contribution in [-0.2, 0) is 19.2 Å². The first-order valence-corrected chi connectivity index (χ1v) is 6.50. The normalized spacial score (nSPS) is 12.9. The Labute approximate surface area is 125 Å². The number of carbonyl (C=O) groups is 4. The number of hydrogen-bond donors (Lipinski definition) is 7. The second kappa shape index (κ2) is 9.96. The van der Waals surface area contributed by atoms with E-state index < -0.39 is 48.9 Å². The Morgan fingerprint density at radius 3 is 2.14 bits per heavy atom. The number of rotatable bonds is 9. The van der Waals surface area contributed by atoms with Crippen LogP contribution >= 0.6 is 12.6 Å². The highest BCUT2D eigenvalue weighted by molar-refractivity contribution is 7.80. The molecule has 0 saturated heterocycles. The molecule has 2 atom stereocenters. The lowest BCUT2D eigenvalue weighted by atomic mass is 10.2. The zero-order valence-electron chi connectivity index (χ0n) is 11.0. The summed E-state index contributed by atoms with van der Waals surface area (Å²) in [5.74, 6) is -3.62. The predicted molar refractivity (Wildman–Crippen MR) is 74.5 cm³/mol. The number of hydrogen-bond acceptors (Lipinski definition) is 7. The van der Waals surface area contributed by atoms with Gasteiger partial charge >= 0.3 is 5.97 Å². The molecular formula is C10H18N4O6S. The van der Waals surface area contributed by atoms with Crippen LogP contribution in [0.15, 0.2) is 0 Å². The van der Waals surface area contributed by atoms with Crippen molar-refractivity contribution in [1.82, 2.24) is 16.0 Å². The Bertz CT molecular complexity index is 405. The summed E-state index contributed by atoms with van der Waals surface area (Å²) >= 11 is 3.76. The van der Waals surface area contributed by atoms with Gasteiger partial charge in [-0.15, -0.1) is 0 Å². The minimum Gasteiger partial charge on any atom is -0.480 e. The lowest BCUT2D eigenvalue weighted by molar-refractivity contribution is -0.141. The van der Waals surface area contributed by atoms with Crippen molar-refractivity contribution in [2.45, 2.75) is 12.1 Å². The molecule has 0 aliphatic heterocycles. The number of nitrogens with one attached hydrogen (secondary N) is 3. The number of nitrogens with two attached hydrogens (primary N) is 1. The second-order valence-electron chi connectivity index (χ2n) is 3.87. The van der Waals surface area contributed by atoms with Crippen LogP contribution in [0.2, 0.25) is 0 Å². The number of thiol groups is 1. The first-order chi connectivity index (χ1) is 9.85. The van der Waals surface area contributed by atoms with E-state index >= 15 is 0 Å². The van der Waals surface area contributed by atoms with Crippen molar-refractivity contribution in [2.75, 3.05) is 25.4 Å². The van der Waals surface area contributed by atoms with E-state index in [9.17, 15) is 19.2 Å². The molecule has 0 unspecified atom stereocenters. The summed E-state index contributed by atoms with van der Waals surface area (Å²) < 4.78 is 0. The molecule has 10 nitrogen and oxygen atoms in total. The Morgan fingerprint density at radius 1 is 1.10 bits per heavy atom. The van der Waals surface area contributed by atoms with Crippen molar-refractivity contribution in [3.05, 3.63) is 0 Å². The van der Waals surface area contributed by atoms with E-state index in [1.165, 1.54) is 0 Å². The summed E-state index contributed by atoms with van der Waals surface area (Å²) in [6, 6.07) is -2.59. The van der Waals surface area contributed by atoms with Crippen LogP contribution in [0.3, 0.4) is 0 Å². The van der Waals surface area contributed by atoms with E-state index in [1.807, 2.05) is 0 Å². The van der Waals surface area contributed by atoms with Gasteiger partial charge in [-0.1, -0.05) is 0 Å². The molecule has 0 rings (SSSR count). The summed E-state index contributed by atoms with van der Waals surface area (Å²) in [4.78, 5) is 44.7. The van der Waals surface area contributed by atoms with Crippen molar-refractivity contribution in [1.29, 1.82) is 0 Å². The van der Waals surface area contributed by atoms with Gasteiger partial charge in [0.15, 0.2) is 0 Å². The van der Waals surface area contributed by atoms with Gasteiger partial charge in [-0.3, -0.25) is 14.4 Å². The van der Waals surface area contributed by atoms with Crippen LogP contribution in [0.4, 0.5) is 0 Å². The Hall–Kier alpha value is -1.85. The Balaban J connectivity index is 4.42. The molecule has 7 N–H and O–H groups in total. The summed E-state index contributed by atoms with van der Waals surface area (Å²) in [5, 5.41) is 24.2. The average Bonchev–Trinajstić information content (AvgIpc) is 2.46. The van der Waals surface area contributed by atoms with Crippen LogP contribution in [0.1, 0.15) is 0 Å². The smallest absolute Gasteiger partial charge is 0.327 e. The largest absolute Gasteiger partial charge is 0.480 e. The topological polar surface area (TPSA) is 171 Å². The molecular weight excluding hydrogens is 304 g/mol. The van der Waals surface area contributed by atoms with Gasteiger partial charge in [0.25, 0.3) is 0 Å². The van der Waals surface area contributed by atoms with Gasteiger partial charge in [0, 0.05) is 5.75 Å². The first kappa shape index (κ1) is 19.1. The molecule has 0 aromatic heterocycles. The van der Waals surface area contributed by atoms with Crippen molar-refractivity contribution in [3.63, 3.8) is 0 Å². The van der Waals surface area contributed by atoms with E-state index in [1.54, 1.807) is 0 Å². The fourth-order valence-electron chi connectivity index (χ4n) is 1.15. The fourth-order valence-corrected chi connectivity index (χ4v) is 1.40. The molecule has 0 radical (unpaired) electrons. The van der Waals surface area contributed by atoms with Crippen LogP contribution in [0, 0.1) is 0 Å². The maximum Gasteiger partial charge on any atom is 0.327 e. The van der Waals surface area contributed by atoms with Crippen LogP contribution < -0.4 is 21.7 Å². The maximum atomic E-state index is 11.7. The van der Waals surface area contributed by atoms with Gasteiger partial charge in [0.2, 0.25) is 17.7 Å². The molecule has 0 bridgehead atoms. The maximum absolute atomic E-state index is 11.7. The highest BCUT2D eigenvalue weighted by Crippen LogP contribution is 1.91. The fraction of sp³-hybridized carbons (Fsp3) is 0.600. The summed E-state index contributed by atoms with van der Waals surface area (Å²) in [6.45, 7) is -1.45. The monoisotopic (exact) mass is 322 g/mol. The van der Waals surface area contributed by atoms with Crippen molar-refractivity contribution in [3.8, 4) is 0 Å². The Morgan fingerprint density at radius 2 is 1.71 bits per heavy atom. The van der Waals surface area contributed by atoms with Crippen LogP contribution in [-0.4, -0.2) is 71.4 Å². The number of aliphatic carboxylic acids is 1. The molecule has 3 amide bonds. The molecule has 0 aliphatic carbocycles. The molecule has 0 fully saturated rings. The second-order valence-corrected chi connectivity index (χ2v) is 4.23. The van der Waals surface area contributed by atoms with Gasteiger partial charge in [-0.25, -0.2) is 4.79 Å². The van der Waals surface area contributed by atoms with Gasteiger partial charge in [0.05, 0.1) is 19.7 Å². The number of aliphatic hydroxyl groups is 1. The first-order valence-electron chi connectivity index (χ1n) is 5.86. The van der Waals surface area contributed by atoms with E-state index in [-0.39, 0.29) is 12.3 Å². The standard InChI is InChI=1S/C10H18N4O6S/c11-1-7(16)12-2-8(17)13-5(3-15)9(18)14-6(4-21)10(19)20/h5-6,15,21H,1-4,11H2,(H,12,16)(H,13,17)(H,14,18)(H,19,20)/t5-,6-/m0/s1. The molecule has 0 aromatic carbocycles. The van der Waals surface area contributed by atoms with Gasteiger partial charge in [-0.2, -0.15) is 12.6 Å². The highest BCUT2D eigenvalue weighted by atomic mass is 32.1. The number of amides is 3. The molecule has 0 spiro atoms. The summed E-state index contributed by atoms with van der Waals surface area (Å²) in [6.07, 6.45) is 0. The molecule has 120 valence electrons. The number of carbonyl (C=O) groups excluding carboxylic acids is 3.